The maximum Gasteiger partial charge on any atom is 0.334 e. The Morgan fingerprint density at radius 2 is 1.76 bits per heavy atom. The third-order valence-corrected chi connectivity index (χ3v) is 3.59. The van der Waals surface area contributed by atoms with E-state index in [1.54, 1.807) is 24.3 Å². The molecule has 2 nitrogen and oxygen atoms in total. The maximum atomic E-state index is 11.9. The summed E-state index contributed by atoms with van der Waals surface area (Å²) >= 11 is 12.0. The van der Waals surface area contributed by atoms with E-state index in [0.717, 1.165) is 11.1 Å². The van der Waals surface area contributed by atoms with Gasteiger partial charge in [0.15, 0.2) is 0 Å². The molecule has 21 heavy (non-hydrogen) atoms. The Bertz CT molecular complexity index is 661. The zero-order chi connectivity index (χ0) is 15.2. The van der Waals surface area contributed by atoms with Gasteiger partial charge in [0.2, 0.25) is 0 Å². The lowest BCUT2D eigenvalue weighted by molar-refractivity contribution is -0.136. The summed E-state index contributed by atoms with van der Waals surface area (Å²) in [7, 11) is 1.37. The summed E-state index contributed by atoms with van der Waals surface area (Å²) in [5, 5.41) is 1.25. The van der Waals surface area contributed by atoms with E-state index in [2.05, 4.69) is 0 Å². The van der Waals surface area contributed by atoms with Crippen molar-refractivity contribution in [2.45, 2.75) is 6.42 Å². The molecule has 0 radical (unpaired) electrons. The maximum absolute atomic E-state index is 11.9. The van der Waals surface area contributed by atoms with Gasteiger partial charge in [0.1, 0.15) is 0 Å². The lowest BCUT2D eigenvalue weighted by Crippen LogP contribution is -2.07. The average molecular weight is 321 g/mol. The fourth-order valence-corrected chi connectivity index (χ4v) is 2.23. The molecule has 0 fully saturated rings. The summed E-state index contributed by atoms with van der Waals surface area (Å²) in [6, 6.07) is 14.7. The molecule has 108 valence electrons. The van der Waals surface area contributed by atoms with Crippen LogP contribution < -0.4 is 0 Å². The van der Waals surface area contributed by atoms with Crippen molar-refractivity contribution in [1.29, 1.82) is 0 Å². The molecular weight excluding hydrogens is 307 g/mol. The number of ether oxygens (including phenoxy) is 1. The molecule has 0 N–H and O–H groups in total. The Kier molecular flexibility index (Phi) is 5.43. The zero-order valence-electron chi connectivity index (χ0n) is 11.5. The highest BCUT2D eigenvalue weighted by atomic mass is 35.5. The molecule has 0 aliphatic rings. The van der Waals surface area contributed by atoms with E-state index in [0.29, 0.717) is 22.0 Å². The largest absolute Gasteiger partial charge is 0.466 e. The van der Waals surface area contributed by atoms with Gasteiger partial charge in [-0.05, 0) is 35.4 Å². The Labute approximate surface area is 134 Å². The molecule has 2 aromatic rings. The van der Waals surface area contributed by atoms with Gasteiger partial charge in [-0.15, -0.1) is 0 Å². The summed E-state index contributed by atoms with van der Waals surface area (Å²) in [5.74, 6) is -0.370. The highest BCUT2D eigenvalue weighted by molar-refractivity contribution is 6.32. The first-order valence-corrected chi connectivity index (χ1v) is 7.13. The minimum absolute atomic E-state index is 0.370. The van der Waals surface area contributed by atoms with Crippen LogP contribution in [0.2, 0.25) is 10.0 Å². The van der Waals surface area contributed by atoms with Gasteiger partial charge < -0.3 is 4.74 Å². The molecule has 0 aliphatic heterocycles. The van der Waals surface area contributed by atoms with Crippen LogP contribution in [0.15, 0.2) is 54.1 Å². The van der Waals surface area contributed by atoms with Gasteiger partial charge in [0, 0.05) is 22.0 Å². The standard InChI is InChI=1S/C17H14Cl2O2/c1-21-17(20)14(10-12-6-8-15(18)9-7-12)11-13-4-2-3-5-16(13)19/h2-9,11H,10H2,1H3/b14-11+. The monoisotopic (exact) mass is 320 g/mol. The minimum Gasteiger partial charge on any atom is -0.466 e. The van der Waals surface area contributed by atoms with E-state index in [4.69, 9.17) is 27.9 Å². The molecule has 0 unspecified atom stereocenters. The molecule has 0 spiro atoms. The number of benzene rings is 2. The van der Waals surface area contributed by atoms with Gasteiger partial charge in [-0.3, -0.25) is 0 Å². The topological polar surface area (TPSA) is 26.3 Å². The quantitative estimate of drug-likeness (QED) is 0.598. The molecule has 2 aromatic carbocycles. The van der Waals surface area contributed by atoms with Crippen LogP contribution in [0.5, 0.6) is 0 Å². The van der Waals surface area contributed by atoms with Gasteiger partial charge in [-0.1, -0.05) is 53.5 Å². The van der Waals surface area contributed by atoms with Crippen LogP contribution in [-0.2, 0) is 16.0 Å². The summed E-state index contributed by atoms with van der Waals surface area (Å²) in [4.78, 5) is 11.9. The van der Waals surface area contributed by atoms with Gasteiger partial charge in [0.05, 0.1) is 7.11 Å². The number of carbonyl (C=O) groups excluding carboxylic acids is 1. The van der Waals surface area contributed by atoms with E-state index < -0.39 is 0 Å². The second kappa shape index (κ2) is 7.30. The van der Waals surface area contributed by atoms with Crippen LogP contribution in [0.25, 0.3) is 6.08 Å². The molecule has 4 heteroatoms. The number of halogens is 2. The molecule has 0 saturated heterocycles. The Morgan fingerprint density at radius 3 is 2.38 bits per heavy atom. The van der Waals surface area contributed by atoms with Crippen molar-refractivity contribution in [3.8, 4) is 0 Å². The van der Waals surface area contributed by atoms with Gasteiger partial charge >= 0.3 is 5.97 Å². The number of esters is 1. The van der Waals surface area contributed by atoms with Gasteiger partial charge in [0.25, 0.3) is 0 Å². The number of hydrogen-bond donors (Lipinski definition) is 0. The van der Waals surface area contributed by atoms with E-state index >= 15 is 0 Å². The van der Waals surface area contributed by atoms with E-state index in [-0.39, 0.29) is 5.97 Å². The number of rotatable bonds is 4. The lowest BCUT2D eigenvalue weighted by Gasteiger charge is -2.07. The zero-order valence-corrected chi connectivity index (χ0v) is 13.0. The van der Waals surface area contributed by atoms with Crippen LogP contribution in [0.4, 0.5) is 0 Å². The normalized spacial score (nSPS) is 11.3. The van der Waals surface area contributed by atoms with Crippen molar-refractivity contribution in [3.63, 3.8) is 0 Å². The molecule has 0 atom stereocenters. The van der Waals surface area contributed by atoms with Gasteiger partial charge in [-0.25, -0.2) is 4.79 Å². The fourth-order valence-electron chi connectivity index (χ4n) is 1.92. The average Bonchev–Trinajstić information content (AvgIpc) is 2.50. The molecule has 0 aromatic heterocycles. The first kappa shape index (κ1) is 15.6. The molecule has 2 rings (SSSR count). The van der Waals surface area contributed by atoms with Crippen LogP contribution >= 0.6 is 23.2 Å². The fraction of sp³-hybridized carbons (Fsp3) is 0.118. The number of methoxy groups -OCH3 is 1. The Morgan fingerprint density at radius 1 is 1.10 bits per heavy atom. The third-order valence-electron chi connectivity index (χ3n) is 2.99. The van der Waals surface area contributed by atoms with Crippen molar-refractivity contribution < 1.29 is 9.53 Å². The summed E-state index contributed by atoms with van der Waals surface area (Å²) in [6.07, 6.45) is 2.21. The van der Waals surface area contributed by atoms with Crippen molar-refractivity contribution in [2.75, 3.05) is 7.11 Å². The highest BCUT2D eigenvalue weighted by Crippen LogP contribution is 2.21. The first-order valence-electron chi connectivity index (χ1n) is 6.38. The third kappa shape index (κ3) is 4.35. The molecule has 0 aliphatic carbocycles. The summed E-state index contributed by atoms with van der Waals surface area (Å²) < 4.78 is 4.84. The van der Waals surface area contributed by atoms with E-state index in [1.807, 2.05) is 30.3 Å². The van der Waals surface area contributed by atoms with Crippen LogP contribution in [0, 0.1) is 0 Å². The predicted octanol–water partition coefficient (Wildman–Crippen LogP) is 4.79. The summed E-state index contributed by atoms with van der Waals surface area (Å²) in [5.41, 5.74) is 2.30. The van der Waals surface area contributed by atoms with E-state index in [1.165, 1.54) is 7.11 Å². The van der Waals surface area contributed by atoms with Crippen LogP contribution in [-0.4, -0.2) is 13.1 Å². The first-order chi connectivity index (χ1) is 10.1. The smallest absolute Gasteiger partial charge is 0.334 e. The molecule has 0 saturated carbocycles. The molecule has 0 bridgehead atoms. The number of hydrogen-bond acceptors (Lipinski definition) is 2. The molecule has 0 heterocycles. The van der Waals surface area contributed by atoms with Crippen LogP contribution in [0.1, 0.15) is 11.1 Å². The SMILES string of the molecule is COC(=O)/C(=C/c1ccccc1Cl)Cc1ccc(Cl)cc1. The van der Waals surface area contributed by atoms with Crippen LogP contribution in [0.3, 0.4) is 0 Å². The molecule has 0 amide bonds. The lowest BCUT2D eigenvalue weighted by atomic mass is 10.0. The van der Waals surface area contributed by atoms with Gasteiger partial charge in [-0.2, -0.15) is 0 Å². The predicted molar refractivity (Wildman–Crippen MR) is 86.6 cm³/mol. The Balaban J connectivity index is 2.33. The highest BCUT2D eigenvalue weighted by Gasteiger charge is 2.11. The van der Waals surface area contributed by atoms with Crippen molar-refractivity contribution in [1.82, 2.24) is 0 Å². The second-order valence-corrected chi connectivity index (χ2v) is 5.33. The minimum atomic E-state index is -0.370. The molecular formula is C17H14Cl2O2. The summed E-state index contributed by atoms with van der Waals surface area (Å²) in [6.45, 7) is 0. The van der Waals surface area contributed by atoms with E-state index in [9.17, 15) is 4.79 Å². The van der Waals surface area contributed by atoms with Crippen molar-refractivity contribution in [2.24, 2.45) is 0 Å². The Hall–Kier alpha value is -1.77. The van der Waals surface area contributed by atoms with Crippen molar-refractivity contribution in [3.05, 3.63) is 75.3 Å². The second-order valence-electron chi connectivity index (χ2n) is 4.49. The number of carbonyl (C=O) groups is 1. The van der Waals surface area contributed by atoms with Crippen molar-refractivity contribution >= 4 is 35.2 Å².